The van der Waals surface area contributed by atoms with Crippen molar-refractivity contribution in [3.05, 3.63) is 125 Å². The van der Waals surface area contributed by atoms with Crippen LogP contribution in [0.2, 0.25) is 5.02 Å². The van der Waals surface area contributed by atoms with E-state index in [-0.39, 0.29) is 16.9 Å². The zero-order valence-electron chi connectivity index (χ0n) is 22.4. The van der Waals surface area contributed by atoms with Crippen LogP contribution in [0.1, 0.15) is 22.8 Å². The van der Waals surface area contributed by atoms with E-state index in [0.717, 1.165) is 4.90 Å². The first kappa shape index (κ1) is 29.5. The number of amides is 3. The molecule has 0 aliphatic rings. The molecule has 0 aliphatic heterocycles. The Morgan fingerprint density at radius 2 is 1.56 bits per heavy atom. The van der Waals surface area contributed by atoms with E-state index in [2.05, 4.69) is 16.0 Å². The minimum Gasteiger partial charge on any atom is -0.495 e. The maximum Gasteiger partial charge on any atom is 0.272 e. The van der Waals surface area contributed by atoms with E-state index in [4.69, 9.17) is 16.3 Å². The van der Waals surface area contributed by atoms with Crippen LogP contribution >= 0.6 is 23.4 Å². The summed E-state index contributed by atoms with van der Waals surface area (Å²) in [5.74, 6) is -0.496. The lowest BCUT2D eigenvalue weighted by Gasteiger charge is -2.15. The molecule has 0 spiro atoms. The lowest BCUT2D eigenvalue weighted by Crippen LogP contribution is -2.30. The summed E-state index contributed by atoms with van der Waals surface area (Å²) in [5.41, 5.74) is 2.26. The van der Waals surface area contributed by atoms with E-state index in [1.165, 1.54) is 11.8 Å². The van der Waals surface area contributed by atoms with Crippen molar-refractivity contribution in [2.45, 2.75) is 17.1 Å². The predicted molar refractivity (Wildman–Crippen MR) is 165 cm³/mol. The lowest BCUT2D eigenvalue weighted by molar-refractivity contribution is -0.115. The van der Waals surface area contributed by atoms with Gasteiger partial charge in [0.2, 0.25) is 5.91 Å². The fourth-order valence-electron chi connectivity index (χ4n) is 3.76. The van der Waals surface area contributed by atoms with Gasteiger partial charge in [-0.1, -0.05) is 54.1 Å². The summed E-state index contributed by atoms with van der Waals surface area (Å²) in [5, 5.41) is 8.54. The van der Waals surface area contributed by atoms with Gasteiger partial charge in [0, 0.05) is 21.2 Å². The van der Waals surface area contributed by atoms with Gasteiger partial charge in [-0.05, 0) is 79.2 Å². The largest absolute Gasteiger partial charge is 0.495 e. The number of anilines is 2. The Bertz CT molecular complexity index is 1560. The second-order valence-corrected chi connectivity index (χ2v) is 10.7. The molecular weight excluding hydrogens is 558 g/mol. The summed E-state index contributed by atoms with van der Waals surface area (Å²) in [7, 11) is 1.55. The number of carbonyl (C=O) groups excluding carboxylic acids is 3. The number of halogens is 1. The van der Waals surface area contributed by atoms with E-state index in [0.29, 0.717) is 33.3 Å². The number of hydrogen-bond acceptors (Lipinski definition) is 5. The second-order valence-electron chi connectivity index (χ2n) is 8.86. The van der Waals surface area contributed by atoms with E-state index < -0.39 is 11.8 Å². The predicted octanol–water partition coefficient (Wildman–Crippen LogP) is 6.88. The van der Waals surface area contributed by atoms with Crippen molar-refractivity contribution in [2.24, 2.45) is 0 Å². The summed E-state index contributed by atoms with van der Waals surface area (Å²) in [6, 6.07) is 29.9. The highest BCUT2D eigenvalue weighted by Gasteiger charge is 2.18. The summed E-state index contributed by atoms with van der Waals surface area (Å²) < 4.78 is 5.30. The first-order valence-electron chi connectivity index (χ1n) is 12.7. The summed E-state index contributed by atoms with van der Waals surface area (Å²) in [6.07, 6.45) is 1.56. The summed E-state index contributed by atoms with van der Waals surface area (Å²) in [6.45, 7) is 1.81. The molecule has 0 saturated carbocycles. The number of carbonyl (C=O) groups is 3. The Hall–Kier alpha value is -4.53. The van der Waals surface area contributed by atoms with E-state index in [1.807, 2.05) is 37.3 Å². The van der Waals surface area contributed by atoms with Gasteiger partial charge < -0.3 is 20.7 Å². The second kappa shape index (κ2) is 14.2. The molecule has 3 N–H and O–H groups in total. The van der Waals surface area contributed by atoms with Crippen molar-refractivity contribution < 1.29 is 19.1 Å². The lowest BCUT2D eigenvalue weighted by atomic mass is 10.1. The number of rotatable bonds is 10. The normalized spacial score (nSPS) is 11.7. The average Bonchev–Trinajstić information content (AvgIpc) is 2.98. The number of methoxy groups -OCH3 is 1. The molecule has 0 radical (unpaired) electrons. The van der Waals surface area contributed by atoms with Crippen molar-refractivity contribution in [1.29, 1.82) is 0 Å². The Morgan fingerprint density at radius 1 is 0.854 bits per heavy atom. The summed E-state index contributed by atoms with van der Waals surface area (Å²) >= 11 is 7.49. The van der Waals surface area contributed by atoms with Crippen molar-refractivity contribution >= 4 is 58.5 Å². The van der Waals surface area contributed by atoms with Gasteiger partial charge in [0.15, 0.2) is 0 Å². The van der Waals surface area contributed by atoms with Gasteiger partial charge in [-0.3, -0.25) is 14.4 Å². The number of benzene rings is 4. The summed E-state index contributed by atoms with van der Waals surface area (Å²) in [4.78, 5) is 39.7. The van der Waals surface area contributed by atoms with Gasteiger partial charge >= 0.3 is 0 Å². The third-order valence-electron chi connectivity index (χ3n) is 5.85. The smallest absolute Gasteiger partial charge is 0.272 e. The van der Waals surface area contributed by atoms with Crippen molar-refractivity contribution in [3.8, 4) is 5.75 Å². The molecule has 208 valence electrons. The molecule has 0 fully saturated rings. The van der Waals surface area contributed by atoms with Crippen molar-refractivity contribution in [3.63, 3.8) is 0 Å². The zero-order chi connectivity index (χ0) is 29.2. The monoisotopic (exact) mass is 585 g/mol. The van der Waals surface area contributed by atoms with E-state index in [9.17, 15) is 14.4 Å². The molecule has 1 unspecified atom stereocenters. The molecule has 9 heteroatoms. The average molecular weight is 586 g/mol. The molecule has 3 amide bonds. The molecule has 4 aromatic carbocycles. The number of hydrogen-bond donors (Lipinski definition) is 3. The van der Waals surface area contributed by atoms with Gasteiger partial charge in [0.25, 0.3) is 11.8 Å². The highest BCUT2D eigenvalue weighted by atomic mass is 35.5. The molecule has 0 heterocycles. The SMILES string of the molecule is COc1ccccc1NC(=O)C(C)Sc1ccc(NC(=O)/C(=C/c2cccc(Cl)c2)NC(=O)c2ccccc2)cc1. The molecule has 0 aliphatic carbocycles. The topological polar surface area (TPSA) is 96.5 Å². The van der Waals surface area contributed by atoms with E-state index in [1.54, 1.807) is 86.0 Å². The molecule has 41 heavy (non-hydrogen) atoms. The van der Waals surface area contributed by atoms with Crippen molar-refractivity contribution in [2.75, 3.05) is 17.7 Å². The molecular formula is C32H28ClN3O4S. The van der Waals surface area contributed by atoms with Crippen LogP contribution in [0.25, 0.3) is 6.08 Å². The number of para-hydroxylation sites is 2. The molecule has 4 rings (SSSR count). The standard InChI is InChI=1S/C32H28ClN3O4S/c1-21(30(37)35-27-13-6-7-14-29(27)40-2)41-26-17-15-25(16-18-26)34-32(39)28(20-22-9-8-12-24(33)19-22)36-31(38)23-10-4-3-5-11-23/h3-21H,1-2H3,(H,34,39)(H,35,37)(H,36,38)/b28-20-. The first-order chi connectivity index (χ1) is 19.8. The van der Waals surface area contributed by atoms with Crippen LogP contribution in [0.15, 0.2) is 114 Å². The first-order valence-corrected chi connectivity index (χ1v) is 13.9. The Morgan fingerprint density at radius 3 is 2.27 bits per heavy atom. The maximum atomic E-state index is 13.3. The Kier molecular flexibility index (Phi) is 10.2. The molecule has 1 atom stereocenters. The Labute approximate surface area is 248 Å². The quantitative estimate of drug-likeness (QED) is 0.139. The third kappa shape index (κ3) is 8.48. The number of nitrogens with one attached hydrogen (secondary N) is 3. The highest BCUT2D eigenvalue weighted by molar-refractivity contribution is 8.00. The van der Waals surface area contributed by atoms with Gasteiger partial charge in [-0.2, -0.15) is 0 Å². The molecule has 0 saturated heterocycles. The van der Waals surface area contributed by atoms with Crippen LogP contribution in [0.3, 0.4) is 0 Å². The molecule has 0 bridgehead atoms. The molecule has 4 aromatic rings. The Balaban J connectivity index is 1.43. The van der Waals surface area contributed by atoms with Crippen LogP contribution in [0.4, 0.5) is 11.4 Å². The zero-order valence-corrected chi connectivity index (χ0v) is 24.0. The van der Waals surface area contributed by atoms with Gasteiger partial charge in [-0.25, -0.2) is 0 Å². The van der Waals surface area contributed by atoms with Gasteiger partial charge in [-0.15, -0.1) is 11.8 Å². The number of ether oxygens (including phenoxy) is 1. The van der Waals surface area contributed by atoms with Gasteiger partial charge in [0.1, 0.15) is 11.4 Å². The minimum absolute atomic E-state index is 0.0567. The maximum absolute atomic E-state index is 13.3. The highest BCUT2D eigenvalue weighted by Crippen LogP contribution is 2.28. The fourth-order valence-corrected chi connectivity index (χ4v) is 4.83. The molecule has 7 nitrogen and oxygen atoms in total. The fraction of sp³-hybridized carbons (Fsp3) is 0.0938. The minimum atomic E-state index is -0.501. The van der Waals surface area contributed by atoms with Crippen LogP contribution in [0, 0.1) is 0 Å². The van der Waals surface area contributed by atoms with Crippen LogP contribution in [-0.2, 0) is 9.59 Å². The van der Waals surface area contributed by atoms with Crippen LogP contribution < -0.4 is 20.7 Å². The molecule has 0 aromatic heterocycles. The van der Waals surface area contributed by atoms with Gasteiger partial charge in [0.05, 0.1) is 18.0 Å². The number of thioether (sulfide) groups is 1. The van der Waals surface area contributed by atoms with Crippen LogP contribution in [-0.4, -0.2) is 30.1 Å². The van der Waals surface area contributed by atoms with Crippen molar-refractivity contribution in [1.82, 2.24) is 5.32 Å². The van der Waals surface area contributed by atoms with Crippen LogP contribution in [0.5, 0.6) is 5.75 Å². The third-order valence-corrected chi connectivity index (χ3v) is 7.19. The van der Waals surface area contributed by atoms with E-state index >= 15 is 0 Å².